The molecular weight excluding hydrogens is 137 g/mol. The van der Waals surface area contributed by atoms with Gasteiger partial charge in [-0.3, -0.25) is 9.59 Å². The Kier molecular flexibility index (Phi) is 1.62. The molecule has 1 aromatic rings. The minimum Gasteiger partial charge on any atom is -0.356 e. The average molecular weight is 141 g/mol. The van der Waals surface area contributed by atoms with Crippen molar-refractivity contribution >= 4 is 6.29 Å². The summed E-state index contributed by atoms with van der Waals surface area (Å²) in [5.41, 5.74) is -1.09. The van der Waals surface area contributed by atoms with Crippen LogP contribution in [0.25, 0.3) is 0 Å². The molecule has 0 bridgehead atoms. The van der Waals surface area contributed by atoms with Gasteiger partial charge in [0.1, 0.15) is 5.69 Å². The number of nitrogens with one attached hydrogen (secondary N) is 1. The summed E-state index contributed by atoms with van der Waals surface area (Å²) in [5, 5.41) is 0. The van der Waals surface area contributed by atoms with Crippen LogP contribution in [0.2, 0.25) is 0 Å². The molecule has 0 aliphatic rings. The molecule has 0 amide bonds. The zero-order chi connectivity index (χ0) is 7.56. The van der Waals surface area contributed by atoms with E-state index in [0.717, 1.165) is 6.07 Å². The van der Waals surface area contributed by atoms with Crippen molar-refractivity contribution in [3.63, 3.8) is 0 Å². The SMILES string of the molecule is O=Cc1[nH]ccc(=O)c1F. The van der Waals surface area contributed by atoms with Crippen molar-refractivity contribution in [3.8, 4) is 0 Å². The molecule has 1 heterocycles. The predicted octanol–water partition coefficient (Wildman–Crippen LogP) is 0.326. The topological polar surface area (TPSA) is 49.9 Å². The number of aromatic amines is 1. The largest absolute Gasteiger partial charge is 0.356 e. The molecule has 0 atom stereocenters. The third kappa shape index (κ3) is 0.953. The van der Waals surface area contributed by atoms with Crippen molar-refractivity contribution in [2.45, 2.75) is 0 Å². The van der Waals surface area contributed by atoms with E-state index < -0.39 is 11.2 Å². The van der Waals surface area contributed by atoms with Crippen LogP contribution in [0.1, 0.15) is 10.5 Å². The summed E-state index contributed by atoms with van der Waals surface area (Å²) in [5.74, 6) is -1.03. The minimum absolute atomic E-state index is 0.261. The van der Waals surface area contributed by atoms with E-state index in [1.54, 1.807) is 0 Å². The number of H-pyrrole nitrogens is 1. The molecule has 1 N–H and O–H groups in total. The maximum atomic E-state index is 12.4. The summed E-state index contributed by atoms with van der Waals surface area (Å²) in [6, 6.07) is 1.02. The molecular formula is C6H4FNO2. The average Bonchev–Trinajstić information content (AvgIpc) is 1.95. The maximum absolute atomic E-state index is 12.4. The van der Waals surface area contributed by atoms with E-state index in [0.29, 0.717) is 0 Å². The molecule has 0 aliphatic carbocycles. The molecule has 52 valence electrons. The van der Waals surface area contributed by atoms with Gasteiger partial charge in [0.15, 0.2) is 12.1 Å². The lowest BCUT2D eigenvalue weighted by Crippen LogP contribution is -2.09. The standard InChI is InChI=1S/C6H4FNO2/c7-6-4(3-9)8-2-1-5(6)10/h1-3H,(H,8,10). The second-order valence-corrected chi connectivity index (χ2v) is 1.69. The van der Waals surface area contributed by atoms with Crippen LogP contribution in [-0.4, -0.2) is 11.3 Å². The predicted molar refractivity (Wildman–Crippen MR) is 32.4 cm³/mol. The van der Waals surface area contributed by atoms with Gasteiger partial charge in [-0.1, -0.05) is 0 Å². The summed E-state index contributed by atoms with van der Waals surface area (Å²) >= 11 is 0. The number of aromatic nitrogens is 1. The number of carbonyl (C=O) groups is 1. The van der Waals surface area contributed by atoms with Gasteiger partial charge >= 0.3 is 0 Å². The van der Waals surface area contributed by atoms with Crippen molar-refractivity contribution < 1.29 is 9.18 Å². The van der Waals surface area contributed by atoms with Crippen LogP contribution < -0.4 is 5.43 Å². The van der Waals surface area contributed by atoms with Crippen LogP contribution in [-0.2, 0) is 0 Å². The molecule has 0 radical (unpaired) electrons. The number of rotatable bonds is 1. The molecule has 0 aliphatic heterocycles. The third-order valence-corrected chi connectivity index (χ3v) is 1.04. The lowest BCUT2D eigenvalue weighted by atomic mass is 10.3. The first kappa shape index (κ1) is 6.67. The van der Waals surface area contributed by atoms with Gasteiger partial charge in [-0.2, -0.15) is 0 Å². The molecule has 0 fully saturated rings. The Bertz CT molecular complexity index is 305. The summed E-state index contributed by atoms with van der Waals surface area (Å²) < 4.78 is 12.4. The zero-order valence-corrected chi connectivity index (χ0v) is 4.93. The normalized spacial score (nSPS) is 9.30. The number of halogens is 1. The second-order valence-electron chi connectivity index (χ2n) is 1.69. The van der Waals surface area contributed by atoms with Crippen molar-refractivity contribution in [1.82, 2.24) is 4.98 Å². The molecule has 0 aromatic carbocycles. The van der Waals surface area contributed by atoms with Gasteiger partial charge < -0.3 is 4.98 Å². The quantitative estimate of drug-likeness (QED) is 0.573. The highest BCUT2D eigenvalue weighted by molar-refractivity contribution is 5.71. The van der Waals surface area contributed by atoms with Crippen molar-refractivity contribution in [3.05, 3.63) is 34.0 Å². The van der Waals surface area contributed by atoms with E-state index in [2.05, 4.69) is 4.98 Å². The number of pyridine rings is 1. The highest BCUT2D eigenvalue weighted by atomic mass is 19.1. The van der Waals surface area contributed by atoms with Crippen LogP contribution >= 0.6 is 0 Å². The lowest BCUT2D eigenvalue weighted by molar-refractivity contribution is 0.111. The highest BCUT2D eigenvalue weighted by Gasteiger charge is 2.02. The van der Waals surface area contributed by atoms with Crippen LogP contribution in [0.5, 0.6) is 0 Å². The van der Waals surface area contributed by atoms with Crippen LogP contribution in [0, 0.1) is 5.82 Å². The fraction of sp³-hybridized carbons (Fsp3) is 0. The first-order chi connectivity index (χ1) is 4.75. The second kappa shape index (κ2) is 2.43. The van der Waals surface area contributed by atoms with Crippen LogP contribution in [0.4, 0.5) is 4.39 Å². The van der Waals surface area contributed by atoms with E-state index in [1.165, 1.54) is 6.20 Å². The summed E-state index contributed by atoms with van der Waals surface area (Å²) in [7, 11) is 0. The molecule has 0 unspecified atom stereocenters. The first-order valence-corrected chi connectivity index (χ1v) is 2.58. The van der Waals surface area contributed by atoms with E-state index in [-0.39, 0.29) is 12.0 Å². The van der Waals surface area contributed by atoms with Gasteiger partial charge in [-0.05, 0) is 0 Å². The molecule has 1 rings (SSSR count). The Labute approximate surface area is 55.5 Å². The maximum Gasteiger partial charge on any atom is 0.217 e. The Hall–Kier alpha value is -1.45. The van der Waals surface area contributed by atoms with E-state index in [9.17, 15) is 14.0 Å². The summed E-state index contributed by atoms with van der Waals surface area (Å²) in [6.45, 7) is 0. The molecule has 1 aromatic heterocycles. The third-order valence-electron chi connectivity index (χ3n) is 1.04. The lowest BCUT2D eigenvalue weighted by Gasteiger charge is -1.89. The smallest absolute Gasteiger partial charge is 0.217 e. The fourth-order valence-electron chi connectivity index (χ4n) is 0.562. The molecule has 10 heavy (non-hydrogen) atoms. The summed E-state index contributed by atoms with van der Waals surface area (Å²) in [6.07, 6.45) is 1.48. The monoisotopic (exact) mass is 141 g/mol. The Morgan fingerprint density at radius 3 is 2.80 bits per heavy atom. The molecule has 3 nitrogen and oxygen atoms in total. The van der Waals surface area contributed by atoms with Gasteiger partial charge in [0.2, 0.25) is 5.43 Å². The Balaban J connectivity index is 3.41. The van der Waals surface area contributed by atoms with Crippen LogP contribution in [0.15, 0.2) is 17.1 Å². The van der Waals surface area contributed by atoms with E-state index >= 15 is 0 Å². The van der Waals surface area contributed by atoms with Gasteiger partial charge in [0.25, 0.3) is 0 Å². The molecule has 4 heteroatoms. The van der Waals surface area contributed by atoms with Gasteiger partial charge in [0, 0.05) is 12.3 Å². The number of carbonyl (C=O) groups excluding carboxylic acids is 1. The minimum atomic E-state index is -1.03. The Morgan fingerprint density at radius 1 is 1.60 bits per heavy atom. The number of aldehydes is 1. The van der Waals surface area contributed by atoms with E-state index in [1.807, 2.05) is 0 Å². The number of hydrogen-bond acceptors (Lipinski definition) is 2. The highest BCUT2D eigenvalue weighted by Crippen LogP contribution is 1.91. The zero-order valence-electron chi connectivity index (χ0n) is 4.93. The molecule has 0 saturated carbocycles. The van der Waals surface area contributed by atoms with Gasteiger partial charge in [-0.15, -0.1) is 0 Å². The first-order valence-electron chi connectivity index (χ1n) is 2.58. The van der Waals surface area contributed by atoms with Crippen molar-refractivity contribution in [2.75, 3.05) is 0 Å². The van der Waals surface area contributed by atoms with E-state index in [4.69, 9.17) is 0 Å². The van der Waals surface area contributed by atoms with Gasteiger partial charge in [-0.25, -0.2) is 4.39 Å². The molecule has 0 saturated heterocycles. The van der Waals surface area contributed by atoms with Crippen LogP contribution in [0.3, 0.4) is 0 Å². The van der Waals surface area contributed by atoms with Gasteiger partial charge in [0.05, 0.1) is 0 Å². The molecule has 0 spiro atoms. The Morgan fingerprint density at radius 2 is 2.30 bits per heavy atom. The summed E-state index contributed by atoms with van der Waals surface area (Å²) in [4.78, 5) is 22.7. The number of hydrogen-bond donors (Lipinski definition) is 1. The van der Waals surface area contributed by atoms with Crippen molar-refractivity contribution in [1.29, 1.82) is 0 Å². The van der Waals surface area contributed by atoms with Crippen molar-refractivity contribution in [2.24, 2.45) is 0 Å². The fourth-order valence-corrected chi connectivity index (χ4v) is 0.562.